The molecule has 0 aliphatic rings. The monoisotopic (exact) mass is 965 g/mol. The van der Waals surface area contributed by atoms with Gasteiger partial charge in [0.2, 0.25) is 0 Å². The predicted molar refractivity (Wildman–Crippen MR) is 284 cm³/mol. The number of unbranched alkanes of at least 4 members (excludes halogenated alkanes) is 29. The van der Waals surface area contributed by atoms with Crippen molar-refractivity contribution in [1.82, 2.24) is 0 Å². The highest BCUT2D eigenvalue weighted by molar-refractivity contribution is 7.47. The maximum absolute atomic E-state index is 12.8. The van der Waals surface area contributed by atoms with Crippen LogP contribution in [-0.4, -0.2) is 74.9 Å². The first-order chi connectivity index (χ1) is 32.5. The summed E-state index contributed by atoms with van der Waals surface area (Å²) in [6, 6.07) is 0. The van der Waals surface area contributed by atoms with Crippen molar-refractivity contribution in [1.29, 1.82) is 0 Å². The molecular weight excluding hydrogens is 858 g/mol. The summed E-state index contributed by atoms with van der Waals surface area (Å²) in [5, 5.41) is 0. The van der Waals surface area contributed by atoms with Crippen molar-refractivity contribution in [2.45, 2.75) is 258 Å². The van der Waals surface area contributed by atoms with Gasteiger partial charge in [0, 0.05) is 12.8 Å². The summed E-state index contributed by atoms with van der Waals surface area (Å²) < 4.78 is 34.4. The van der Waals surface area contributed by atoms with Crippen LogP contribution in [0.3, 0.4) is 0 Å². The van der Waals surface area contributed by atoms with E-state index < -0.39 is 26.5 Å². The molecule has 0 fully saturated rings. The van der Waals surface area contributed by atoms with Crippen LogP contribution in [0.4, 0.5) is 0 Å². The maximum Gasteiger partial charge on any atom is 0.472 e. The SMILES string of the molecule is CCCCC/C=C\CCCCCCCC(=O)OCC(COP(=O)(O)OCC[N+](C)(C)C)OC(=O)CCCCCCCCCCCCCCCCCC/C=C\C/C=C\C/C=C\CCCCCCC. The molecular formula is C57H107NO8P+. The number of nitrogens with zero attached hydrogens (tertiary/aromatic N) is 1. The number of esters is 2. The Balaban J connectivity index is 4.05. The van der Waals surface area contributed by atoms with Crippen LogP contribution in [0.15, 0.2) is 48.6 Å². The van der Waals surface area contributed by atoms with Gasteiger partial charge in [-0.2, -0.15) is 0 Å². The number of phosphoric ester groups is 1. The Hall–Kier alpha value is -2.03. The van der Waals surface area contributed by atoms with Crippen LogP contribution in [-0.2, 0) is 32.7 Å². The van der Waals surface area contributed by atoms with Crippen LogP contribution < -0.4 is 0 Å². The molecule has 0 aliphatic carbocycles. The van der Waals surface area contributed by atoms with E-state index in [1.54, 1.807) is 0 Å². The van der Waals surface area contributed by atoms with Gasteiger partial charge in [0.1, 0.15) is 19.8 Å². The Bertz CT molecular complexity index is 1270. The molecule has 0 saturated carbocycles. The summed E-state index contributed by atoms with van der Waals surface area (Å²) in [7, 11) is 1.48. The molecule has 1 N–H and O–H groups in total. The summed E-state index contributed by atoms with van der Waals surface area (Å²) in [6.45, 7) is 4.40. The zero-order valence-electron chi connectivity index (χ0n) is 44.4. The summed E-state index contributed by atoms with van der Waals surface area (Å²) in [5.41, 5.74) is 0. The van der Waals surface area contributed by atoms with E-state index in [9.17, 15) is 19.0 Å². The zero-order chi connectivity index (χ0) is 49.2. The average Bonchev–Trinajstić information content (AvgIpc) is 3.29. The lowest BCUT2D eigenvalue weighted by atomic mass is 10.0. The van der Waals surface area contributed by atoms with Gasteiger partial charge in [-0.1, -0.05) is 210 Å². The molecule has 9 nitrogen and oxygen atoms in total. The van der Waals surface area contributed by atoms with Crippen LogP contribution in [0, 0.1) is 0 Å². The van der Waals surface area contributed by atoms with Crippen molar-refractivity contribution < 1.29 is 42.1 Å². The fourth-order valence-electron chi connectivity index (χ4n) is 7.72. The number of hydrogen-bond donors (Lipinski definition) is 1. The number of ether oxygens (including phenoxy) is 2. The molecule has 0 aliphatic heterocycles. The minimum atomic E-state index is -4.38. The topological polar surface area (TPSA) is 108 Å². The molecule has 2 atom stereocenters. The van der Waals surface area contributed by atoms with Crippen molar-refractivity contribution in [3.05, 3.63) is 48.6 Å². The number of hydrogen-bond acceptors (Lipinski definition) is 7. The van der Waals surface area contributed by atoms with E-state index in [-0.39, 0.29) is 32.0 Å². The first-order valence-electron chi connectivity index (χ1n) is 27.9. The largest absolute Gasteiger partial charge is 0.472 e. The number of carbonyl (C=O) groups is 2. The molecule has 2 unspecified atom stereocenters. The molecule has 0 heterocycles. The minimum absolute atomic E-state index is 0.0306. The Kier molecular flexibility index (Phi) is 47.5. The molecule has 392 valence electrons. The number of quaternary nitrogens is 1. The Labute approximate surface area is 414 Å². The number of carbonyl (C=O) groups excluding carboxylic acids is 2. The highest BCUT2D eigenvalue weighted by Crippen LogP contribution is 2.43. The molecule has 0 aromatic heterocycles. The second-order valence-corrected chi connectivity index (χ2v) is 21.4. The first-order valence-corrected chi connectivity index (χ1v) is 29.4. The molecule has 0 saturated heterocycles. The molecule has 0 aromatic rings. The van der Waals surface area contributed by atoms with Crippen molar-refractivity contribution in [2.75, 3.05) is 47.5 Å². The molecule has 0 amide bonds. The van der Waals surface area contributed by atoms with E-state index in [2.05, 4.69) is 62.5 Å². The average molecular weight is 965 g/mol. The lowest BCUT2D eigenvalue weighted by Crippen LogP contribution is -2.37. The quantitative estimate of drug-likeness (QED) is 0.0211. The number of rotatable bonds is 51. The van der Waals surface area contributed by atoms with Crippen LogP contribution in [0.2, 0.25) is 0 Å². The fourth-order valence-corrected chi connectivity index (χ4v) is 8.46. The van der Waals surface area contributed by atoms with E-state index >= 15 is 0 Å². The van der Waals surface area contributed by atoms with Gasteiger partial charge in [-0.05, 0) is 77.0 Å². The van der Waals surface area contributed by atoms with Crippen LogP contribution >= 0.6 is 7.82 Å². The number of phosphoric acid groups is 1. The maximum atomic E-state index is 12.8. The van der Waals surface area contributed by atoms with Gasteiger partial charge in [-0.3, -0.25) is 18.6 Å². The van der Waals surface area contributed by atoms with Gasteiger partial charge in [-0.25, -0.2) is 4.57 Å². The highest BCUT2D eigenvalue weighted by atomic mass is 31.2. The van der Waals surface area contributed by atoms with Crippen LogP contribution in [0.1, 0.15) is 251 Å². The molecule has 0 bridgehead atoms. The second-order valence-electron chi connectivity index (χ2n) is 20.0. The number of likely N-dealkylation sites (N-methyl/N-ethyl adjacent to an activating group) is 1. The van der Waals surface area contributed by atoms with Gasteiger partial charge < -0.3 is 18.9 Å². The van der Waals surface area contributed by atoms with E-state index in [1.807, 2.05) is 21.1 Å². The van der Waals surface area contributed by atoms with Gasteiger partial charge in [0.25, 0.3) is 0 Å². The third kappa shape index (κ3) is 53.2. The third-order valence-electron chi connectivity index (χ3n) is 12.1. The van der Waals surface area contributed by atoms with Gasteiger partial charge in [0.05, 0.1) is 27.7 Å². The lowest BCUT2D eigenvalue weighted by molar-refractivity contribution is -0.870. The van der Waals surface area contributed by atoms with E-state index in [4.69, 9.17) is 18.5 Å². The second kappa shape index (κ2) is 49.0. The summed E-state index contributed by atoms with van der Waals surface area (Å²) in [6.07, 6.45) is 60.4. The fraction of sp³-hybridized carbons (Fsp3) is 0.825. The van der Waals surface area contributed by atoms with Crippen LogP contribution in [0.5, 0.6) is 0 Å². The lowest BCUT2D eigenvalue weighted by Gasteiger charge is -2.24. The highest BCUT2D eigenvalue weighted by Gasteiger charge is 2.27. The molecule has 0 spiro atoms. The Morgan fingerprint density at radius 1 is 0.463 bits per heavy atom. The van der Waals surface area contributed by atoms with Crippen molar-refractivity contribution in [2.24, 2.45) is 0 Å². The molecule has 67 heavy (non-hydrogen) atoms. The summed E-state index contributed by atoms with van der Waals surface area (Å²) >= 11 is 0. The van der Waals surface area contributed by atoms with Crippen molar-refractivity contribution >= 4 is 19.8 Å². The predicted octanol–water partition coefficient (Wildman–Crippen LogP) is 17.0. The van der Waals surface area contributed by atoms with E-state index in [0.29, 0.717) is 17.4 Å². The van der Waals surface area contributed by atoms with Crippen molar-refractivity contribution in [3.8, 4) is 0 Å². The minimum Gasteiger partial charge on any atom is -0.462 e. The Morgan fingerprint density at radius 3 is 1.24 bits per heavy atom. The van der Waals surface area contributed by atoms with Crippen LogP contribution in [0.25, 0.3) is 0 Å². The third-order valence-corrected chi connectivity index (χ3v) is 13.1. The smallest absolute Gasteiger partial charge is 0.462 e. The van der Waals surface area contributed by atoms with E-state index in [0.717, 1.165) is 64.2 Å². The van der Waals surface area contributed by atoms with Gasteiger partial charge in [-0.15, -0.1) is 0 Å². The molecule has 10 heteroatoms. The standard InChI is InChI=1S/C57H106NO8P/c1-6-8-10-12-14-16-18-20-21-22-23-24-25-26-27-28-29-30-31-32-33-34-35-36-37-38-40-42-44-46-48-50-57(60)66-55(54-65-67(61,62)64-52-51-58(3,4)5)53-63-56(59)49-47-45-43-41-39-19-17-15-13-11-9-7-2/h15,17-18,20,22-23,25-26,55H,6-14,16,19,21,24,27-54H2,1-5H3/p+1/b17-15-,20-18-,23-22-,26-25-. The van der Waals surface area contributed by atoms with E-state index in [1.165, 1.54) is 154 Å². The summed E-state index contributed by atoms with van der Waals surface area (Å²) in [5.74, 6) is -0.803. The van der Waals surface area contributed by atoms with Crippen molar-refractivity contribution in [3.63, 3.8) is 0 Å². The normalized spacial score (nSPS) is 13.7. The number of allylic oxidation sites excluding steroid dienone is 8. The Morgan fingerprint density at radius 2 is 0.806 bits per heavy atom. The zero-order valence-corrected chi connectivity index (χ0v) is 45.3. The van der Waals surface area contributed by atoms with Gasteiger partial charge in [0.15, 0.2) is 6.10 Å². The summed E-state index contributed by atoms with van der Waals surface area (Å²) in [4.78, 5) is 35.5. The first kappa shape index (κ1) is 65.0. The van der Waals surface area contributed by atoms with Gasteiger partial charge >= 0.3 is 19.8 Å². The molecule has 0 rings (SSSR count). The molecule has 0 radical (unpaired) electrons. The molecule has 0 aromatic carbocycles.